The third-order valence-electron chi connectivity index (χ3n) is 4.05. The van der Waals surface area contributed by atoms with Crippen LogP contribution in [0.1, 0.15) is 35.1 Å². The van der Waals surface area contributed by atoms with Crippen LogP contribution in [-0.2, 0) is 26.4 Å². The van der Waals surface area contributed by atoms with Crippen LogP contribution in [-0.4, -0.2) is 31.5 Å². The molecule has 0 unspecified atom stereocenters. The van der Waals surface area contributed by atoms with Crippen molar-refractivity contribution in [2.24, 2.45) is 7.05 Å². The van der Waals surface area contributed by atoms with Crippen molar-refractivity contribution >= 4 is 17.5 Å². The lowest BCUT2D eigenvalue weighted by Crippen LogP contribution is -2.40. The van der Waals surface area contributed by atoms with Gasteiger partial charge in [0.1, 0.15) is 0 Å². The lowest BCUT2D eigenvalue weighted by Gasteiger charge is -2.24. The van der Waals surface area contributed by atoms with E-state index in [0.717, 1.165) is 24.1 Å². The number of aryl methyl sites for hydroxylation is 3. The first-order valence-electron chi connectivity index (χ1n) is 7.58. The molecule has 1 aliphatic carbocycles. The maximum Gasteiger partial charge on any atom is 0.273 e. The maximum absolute atomic E-state index is 12.3. The number of nitrogens with zero attached hydrogens (tertiary/aromatic N) is 4. The van der Waals surface area contributed by atoms with Crippen LogP contribution in [0.15, 0.2) is 17.1 Å². The number of hydrogen-bond acceptors (Lipinski definition) is 4. The number of halogens is 1. The minimum atomic E-state index is -0.285. The Kier molecular flexibility index (Phi) is 4.21. The summed E-state index contributed by atoms with van der Waals surface area (Å²) in [6, 6.07) is 1.55. The van der Waals surface area contributed by atoms with E-state index in [2.05, 4.69) is 15.5 Å². The maximum atomic E-state index is 12.3. The minimum absolute atomic E-state index is 0.0493. The van der Waals surface area contributed by atoms with E-state index in [1.807, 2.05) is 6.92 Å². The second kappa shape index (κ2) is 6.16. The number of nitrogens with one attached hydrogen (secondary N) is 1. The number of aromatic nitrogens is 4. The lowest BCUT2D eigenvalue weighted by atomic mass is 9.92. The van der Waals surface area contributed by atoms with Crippen molar-refractivity contribution in [2.75, 3.05) is 0 Å². The Morgan fingerprint density at radius 2 is 2.26 bits per heavy atom. The van der Waals surface area contributed by atoms with Crippen molar-refractivity contribution in [3.05, 3.63) is 44.6 Å². The number of rotatable bonds is 3. The van der Waals surface area contributed by atoms with Gasteiger partial charge in [0.05, 0.1) is 10.7 Å². The Bertz CT molecular complexity index is 811. The summed E-state index contributed by atoms with van der Waals surface area (Å²) >= 11 is 6.06. The zero-order chi connectivity index (χ0) is 16.6. The van der Waals surface area contributed by atoms with Gasteiger partial charge in [0.15, 0.2) is 5.69 Å². The van der Waals surface area contributed by atoms with Crippen LogP contribution in [0.25, 0.3) is 0 Å². The van der Waals surface area contributed by atoms with Gasteiger partial charge < -0.3 is 5.32 Å². The van der Waals surface area contributed by atoms with Crippen LogP contribution >= 0.6 is 11.6 Å². The van der Waals surface area contributed by atoms with E-state index in [1.165, 1.54) is 4.68 Å². The summed E-state index contributed by atoms with van der Waals surface area (Å²) in [6.07, 6.45) is 3.73. The quantitative estimate of drug-likeness (QED) is 0.905. The zero-order valence-corrected chi connectivity index (χ0v) is 13.8. The van der Waals surface area contributed by atoms with E-state index in [-0.39, 0.29) is 23.2 Å². The number of carbonyl (C=O) groups excluding carboxylic acids is 1. The molecule has 0 spiro atoms. The summed E-state index contributed by atoms with van der Waals surface area (Å²) in [4.78, 5) is 24.0. The van der Waals surface area contributed by atoms with Gasteiger partial charge in [-0.05, 0) is 31.7 Å². The molecule has 0 bridgehead atoms. The van der Waals surface area contributed by atoms with Crippen molar-refractivity contribution < 1.29 is 4.79 Å². The molecule has 122 valence electrons. The Hall–Kier alpha value is -2.15. The number of carbonyl (C=O) groups is 1. The molecule has 0 saturated heterocycles. The van der Waals surface area contributed by atoms with Crippen molar-refractivity contribution in [1.82, 2.24) is 24.9 Å². The summed E-state index contributed by atoms with van der Waals surface area (Å²) in [7, 11) is 1.64. The Labute approximate surface area is 138 Å². The lowest BCUT2D eigenvalue weighted by molar-refractivity contribution is 0.0927. The topological polar surface area (TPSA) is 81.8 Å². The second-order valence-electron chi connectivity index (χ2n) is 5.67. The van der Waals surface area contributed by atoms with E-state index < -0.39 is 0 Å². The molecule has 23 heavy (non-hydrogen) atoms. The molecule has 7 nitrogen and oxygen atoms in total. The fourth-order valence-electron chi connectivity index (χ4n) is 2.78. The molecule has 3 rings (SSSR count). The molecule has 2 heterocycles. The SMILES string of the molecule is CCn1cc(Cl)c(C(=O)N[C@@H]2CCc3nn(C)c(=O)cc3C2)n1. The monoisotopic (exact) mass is 335 g/mol. The summed E-state index contributed by atoms with van der Waals surface area (Å²) in [5.41, 5.74) is 1.92. The van der Waals surface area contributed by atoms with E-state index >= 15 is 0 Å². The smallest absolute Gasteiger partial charge is 0.273 e. The van der Waals surface area contributed by atoms with Gasteiger partial charge in [0.2, 0.25) is 0 Å². The second-order valence-corrected chi connectivity index (χ2v) is 6.08. The van der Waals surface area contributed by atoms with Crippen LogP contribution in [0, 0.1) is 0 Å². The molecular weight excluding hydrogens is 318 g/mol. The highest BCUT2D eigenvalue weighted by molar-refractivity contribution is 6.33. The van der Waals surface area contributed by atoms with Crippen molar-refractivity contribution in [3.63, 3.8) is 0 Å². The van der Waals surface area contributed by atoms with Gasteiger partial charge in [-0.15, -0.1) is 0 Å². The fraction of sp³-hybridized carbons (Fsp3) is 0.467. The van der Waals surface area contributed by atoms with Crippen molar-refractivity contribution in [2.45, 2.75) is 38.8 Å². The number of hydrogen-bond donors (Lipinski definition) is 1. The van der Waals surface area contributed by atoms with Crippen LogP contribution in [0.2, 0.25) is 5.02 Å². The first-order chi connectivity index (χ1) is 11.0. The van der Waals surface area contributed by atoms with Crippen LogP contribution in [0.5, 0.6) is 0 Å². The Morgan fingerprint density at radius 1 is 1.48 bits per heavy atom. The molecular formula is C15H18ClN5O2. The highest BCUT2D eigenvalue weighted by Crippen LogP contribution is 2.19. The molecule has 1 amide bonds. The van der Waals surface area contributed by atoms with Gasteiger partial charge in [0, 0.05) is 31.9 Å². The molecule has 1 aliphatic rings. The predicted molar refractivity (Wildman–Crippen MR) is 85.7 cm³/mol. The molecule has 0 fully saturated rings. The molecule has 0 aromatic carbocycles. The highest BCUT2D eigenvalue weighted by Gasteiger charge is 2.24. The molecule has 8 heteroatoms. The average molecular weight is 336 g/mol. The summed E-state index contributed by atoms with van der Waals surface area (Å²) in [5, 5.41) is 11.7. The normalized spacial score (nSPS) is 16.9. The summed E-state index contributed by atoms with van der Waals surface area (Å²) in [5.74, 6) is -0.285. The molecule has 1 atom stereocenters. The third-order valence-corrected chi connectivity index (χ3v) is 4.32. The molecule has 2 aromatic rings. The van der Waals surface area contributed by atoms with Gasteiger partial charge in [-0.2, -0.15) is 10.2 Å². The van der Waals surface area contributed by atoms with E-state index in [1.54, 1.807) is 24.0 Å². The van der Waals surface area contributed by atoms with Crippen LogP contribution in [0.3, 0.4) is 0 Å². The Balaban J connectivity index is 1.74. The first kappa shape index (κ1) is 15.7. The van der Waals surface area contributed by atoms with Gasteiger partial charge in [-0.3, -0.25) is 14.3 Å². The fourth-order valence-corrected chi connectivity index (χ4v) is 3.01. The zero-order valence-electron chi connectivity index (χ0n) is 13.0. The van der Waals surface area contributed by atoms with E-state index in [4.69, 9.17) is 11.6 Å². The van der Waals surface area contributed by atoms with E-state index in [0.29, 0.717) is 18.0 Å². The van der Waals surface area contributed by atoms with Gasteiger partial charge in [-0.1, -0.05) is 11.6 Å². The molecule has 0 saturated carbocycles. The van der Waals surface area contributed by atoms with Crippen LogP contribution < -0.4 is 10.9 Å². The number of amides is 1. The molecule has 0 aliphatic heterocycles. The van der Waals surface area contributed by atoms with E-state index in [9.17, 15) is 9.59 Å². The van der Waals surface area contributed by atoms with Gasteiger partial charge in [0.25, 0.3) is 11.5 Å². The number of fused-ring (bicyclic) bond motifs is 1. The van der Waals surface area contributed by atoms with Gasteiger partial charge in [-0.25, -0.2) is 4.68 Å². The Morgan fingerprint density at radius 3 is 2.96 bits per heavy atom. The highest BCUT2D eigenvalue weighted by atomic mass is 35.5. The van der Waals surface area contributed by atoms with Crippen LogP contribution in [0.4, 0.5) is 0 Å². The molecule has 0 radical (unpaired) electrons. The average Bonchev–Trinajstić information content (AvgIpc) is 2.90. The molecule has 1 N–H and O–H groups in total. The minimum Gasteiger partial charge on any atom is -0.348 e. The molecule has 2 aromatic heterocycles. The standard InChI is InChI=1S/C15H18ClN5O2/c1-3-21-8-11(16)14(19-21)15(23)17-10-4-5-12-9(6-10)7-13(22)20(2)18-12/h7-8,10H,3-6H2,1-2H3,(H,17,23)/t10-/m1/s1. The largest absolute Gasteiger partial charge is 0.348 e. The first-order valence-corrected chi connectivity index (χ1v) is 7.95. The predicted octanol–water partition coefficient (Wildman–Crippen LogP) is 0.937. The summed E-state index contributed by atoms with van der Waals surface area (Å²) in [6.45, 7) is 2.58. The third kappa shape index (κ3) is 3.14. The van der Waals surface area contributed by atoms with Crippen molar-refractivity contribution in [1.29, 1.82) is 0 Å². The summed E-state index contributed by atoms with van der Waals surface area (Å²) < 4.78 is 2.97. The van der Waals surface area contributed by atoms with Gasteiger partial charge >= 0.3 is 0 Å². The van der Waals surface area contributed by atoms with Crippen molar-refractivity contribution in [3.8, 4) is 0 Å².